The van der Waals surface area contributed by atoms with E-state index in [0.29, 0.717) is 0 Å². The first kappa shape index (κ1) is 17.1. The van der Waals surface area contributed by atoms with Gasteiger partial charge in [-0.1, -0.05) is 40.2 Å². The van der Waals surface area contributed by atoms with Gasteiger partial charge in [0.1, 0.15) is 5.82 Å². The predicted molar refractivity (Wildman–Crippen MR) is 97.1 cm³/mol. The number of hydrogen-bond donors (Lipinski definition) is 3. The molecule has 2 aromatic rings. The molecule has 0 saturated heterocycles. The number of carbonyl (C=O) groups excluding carboxylic acids is 1. The molecule has 0 radical (unpaired) electrons. The van der Waals surface area contributed by atoms with Gasteiger partial charge in [-0.05, 0) is 48.1 Å². The smallest absolute Gasteiger partial charge is 0.262 e. The van der Waals surface area contributed by atoms with Crippen molar-refractivity contribution in [3.8, 4) is 0 Å². The lowest BCUT2D eigenvalue weighted by atomic mass is 10.2. The summed E-state index contributed by atoms with van der Waals surface area (Å²) >= 11 is 8.31. The van der Waals surface area contributed by atoms with Crippen molar-refractivity contribution in [1.29, 1.82) is 0 Å². The van der Waals surface area contributed by atoms with E-state index in [2.05, 4.69) is 32.1 Å². The summed E-state index contributed by atoms with van der Waals surface area (Å²) in [6, 6.07) is 13.6. The van der Waals surface area contributed by atoms with Gasteiger partial charge in [-0.15, -0.1) is 0 Å². The van der Waals surface area contributed by atoms with Gasteiger partial charge < -0.3 is 5.32 Å². The molecular formula is C16H13BrFN3OS. The van der Waals surface area contributed by atoms with E-state index in [9.17, 15) is 9.18 Å². The van der Waals surface area contributed by atoms with E-state index in [1.54, 1.807) is 24.3 Å². The number of para-hydroxylation sites is 1. The molecule has 0 saturated carbocycles. The van der Waals surface area contributed by atoms with E-state index in [4.69, 9.17) is 12.2 Å². The molecule has 0 atom stereocenters. The summed E-state index contributed by atoms with van der Waals surface area (Å²) in [6.45, 7) is 0. The first-order valence-corrected chi connectivity index (χ1v) is 7.80. The lowest BCUT2D eigenvalue weighted by molar-refractivity contribution is -0.116. The van der Waals surface area contributed by atoms with Crippen LogP contribution in [-0.4, -0.2) is 11.0 Å². The van der Waals surface area contributed by atoms with Gasteiger partial charge in [-0.3, -0.25) is 15.6 Å². The van der Waals surface area contributed by atoms with Gasteiger partial charge in [-0.25, -0.2) is 4.39 Å². The van der Waals surface area contributed by atoms with Gasteiger partial charge in [0.2, 0.25) is 0 Å². The van der Waals surface area contributed by atoms with Crippen molar-refractivity contribution < 1.29 is 9.18 Å². The monoisotopic (exact) mass is 393 g/mol. The van der Waals surface area contributed by atoms with E-state index in [1.165, 1.54) is 12.1 Å². The zero-order valence-electron chi connectivity index (χ0n) is 11.8. The van der Waals surface area contributed by atoms with Gasteiger partial charge in [-0.2, -0.15) is 0 Å². The van der Waals surface area contributed by atoms with E-state index < -0.39 is 5.82 Å². The minimum absolute atomic E-state index is 0.0838. The molecule has 23 heavy (non-hydrogen) atoms. The summed E-state index contributed by atoms with van der Waals surface area (Å²) in [5.74, 6) is -0.816. The minimum Gasteiger partial charge on any atom is -0.329 e. The minimum atomic E-state index is -0.432. The van der Waals surface area contributed by atoms with Crippen LogP contribution in [0.4, 0.5) is 10.1 Å². The topological polar surface area (TPSA) is 53.2 Å². The number of thiocarbonyl (C=S) groups is 1. The Morgan fingerprint density at radius 3 is 2.48 bits per heavy atom. The second-order valence-electron chi connectivity index (χ2n) is 4.43. The maximum absolute atomic E-state index is 13.4. The lowest BCUT2D eigenvalue weighted by Gasteiger charge is -2.10. The third kappa shape index (κ3) is 5.80. The summed E-state index contributed by atoms with van der Waals surface area (Å²) < 4.78 is 14.4. The fourth-order valence-corrected chi connectivity index (χ4v) is 2.05. The Balaban J connectivity index is 1.81. The van der Waals surface area contributed by atoms with E-state index >= 15 is 0 Å². The molecule has 0 aromatic heterocycles. The first-order chi connectivity index (χ1) is 11.0. The van der Waals surface area contributed by atoms with Crippen molar-refractivity contribution in [3.05, 3.63) is 70.5 Å². The van der Waals surface area contributed by atoms with Crippen LogP contribution in [0.25, 0.3) is 6.08 Å². The van der Waals surface area contributed by atoms with Crippen LogP contribution in [0.3, 0.4) is 0 Å². The third-order valence-corrected chi connectivity index (χ3v) is 3.45. The Morgan fingerprint density at radius 1 is 1.09 bits per heavy atom. The fourth-order valence-electron chi connectivity index (χ4n) is 1.62. The van der Waals surface area contributed by atoms with Crippen LogP contribution in [0, 0.1) is 5.82 Å². The average molecular weight is 394 g/mol. The van der Waals surface area contributed by atoms with Gasteiger partial charge >= 0.3 is 0 Å². The summed E-state index contributed by atoms with van der Waals surface area (Å²) in [5, 5.41) is 2.73. The summed E-state index contributed by atoms with van der Waals surface area (Å²) in [5.41, 5.74) is 6.00. The van der Waals surface area contributed by atoms with Crippen LogP contribution in [-0.2, 0) is 4.79 Å². The van der Waals surface area contributed by atoms with Crippen LogP contribution in [0.1, 0.15) is 5.56 Å². The molecule has 0 heterocycles. The molecule has 2 aromatic carbocycles. The number of nitrogens with one attached hydrogen (secondary N) is 3. The highest BCUT2D eigenvalue weighted by atomic mass is 79.9. The lowest BCUT2D eigenvalue weighted by Crippen LogP contribution is -2.43. The Kier molecular flexibility index (Phi) is 6.25. The molecule has 0 spiro atoms. The van der Waals surface area contributed by atoms with Gasteiger partial charge in [0, 0.05) is 10.5 Å². The molecule has 2 rings (SSSR count). The molecule has 0 bridgehead atoms. The standard InChI is InChI=1S/C16H13BrFN3OS/c17-12-8-5-11(6-9-12)7-10-15(22)20-21-16(23)19-14-4-2-1-3-13(14)18/h1-10H,(H,20,22)(H2,19,21,23)/b10-7+. The Bertz CT molecular complexity index is 734. The second kappa shape index (κ2) is 8.40. The largest absolute Gasteiger partial charge is 0.329 e. The molecule has 3 N–H and O–H groups in total. The third-order valence-electron chi connectivity index (χ3n) is 2.72. The molecule has 0 fully saturated rings. The number of hydrazine groups is 1. The molecule has 0 aliphatic heterocycles. The van der Waals surface area contributed by atoms with Crippen molar-refractivity contribution >= 4 is 50.9 Å². The zero-order valence-corrected chi connectivity index (χ0v) is 14.2. The summed E-state index contributed by atoms with van der Waals surface area (Å²) in [7, 11) is 0. The predicted octanol–water partition coefficient (Wildman–Crippen LogP) is 3.62. The number of hydrogen-bond acceptors (Lipinski definition) is 2. The number of anilines is 1. The van der Waals surface area contributed by atoms with Crippen molar-refractivity contribution in [1.82, 2.24) is 10.9 Å². The van der Waals surface area contributed by atoms with Gasteiger partial charge in [0.25, 0.3) is 5.91 Å². The number of rotatable bonds is 3. The Labute approximate surface area is 146 Å². The number of halogens is 2. The quantitative estimate of drug-likeness (QED) is 0.423. The number of benzene rings is 2. The normalized spacial score (nSPS) is 10.3. The van der Waals surface area contributed by atoms with Crippen LogP contribution in [0.5, 0.6) is 0 Å². The Hall–Kier alpha value is -2.25. The van der Waals surface area contributed by atoms with Gasteiger partial charge in [0.15, 0.2) is 5.11 Å². The number of amides is 1. The highest BCUT2D eigenvalue weighted by molar-refractivity contribution is 9.10. The van der Waals surface area contributed by atoms with Crippen LogP contribution in [0.15, 0.2) is 59.1 Å². The van der Waals surface area contributed by atoms with Crippen molar-refractivity contribution in [2.24, 2.45) is 0 Å². The highest BCUT2D eigenvalue weighted by Crippen LogP contribution is 2.12. The molecule has 7 heteroatoms. The average Bonchev–Trinajstić information content (AvgIpc) is 2.54. The van der Waals surface area contributed by atoms with Crippen LogP contribution in [0.2, 0.25) is 0 Å². The summed E-state index contributed by atoms with van der Waals surface area (Å²) in [6.07, 6.45) is 3.03. The van der Waals surface area contributed by atoms with Crippen molar-refractivity contribution in [3.63, 3.8) is 0 Å². The van der Waals surface area contributed by atoms with Crippen molar-refractivity contribution in [2.75, 3.05) is 5.32 Å². The maximum Gasteiger partial charge on any atom is 0.262 e. The molecule has 0 unspecified atom stereocenters. The van der Waals surface area contributed by atoms with Gasteiger partial charge in [0.05, 0.1) is 5.69 Å². The van der Waals surface area contributed by atoms with E-state index in [0.717, 1.165) is 10.0 Å². The second-order valence-corrected chi connectivity index (χ2v) is 5.76. The molecule has 1 amide bonds. The zero-order chi connectivity index (χ0) is 16.7. The summed E-state index contributed by atoms with van der Waals surface area (Å²) in [4.78, 5) is 11.7. The maximum atomic E-state index is 13.4. The van der Waals surface area contributed by atoms with Crippen molar-refractivity contribution in [2.45, 2.75) is 0 Å². The Morgan fingerprint density at radius 2 is 1.78 bits per heavy atom. The number of carbonyl (C=O) groups is 1. The molecular weight excluding hydrogens is 381 g/mol. The first-order valence-electron chi connectivity index (χ1n) is 6.60. The van der Waals surface area contributed by atoms with Crippen LogP contribution < -0.4 is 16.2 Å². The molecule has 0 aliphatic rings. The highest BCUT2D eigenvalue weighted by Gasteiger charge is 2.03. The molecule has 118 valence electrons. The SMILES string of the molecule is O=C(/C=C/c1ccc(Br)cc1)NNC(=S)Nc1ccccc1F. The van der Waals surface area contributed by atoms with E-state index in [-0.39, 0.29) is 16.7 Å². The van der Waals surface area contributed by atoms with Crippen LogP contribution >= 0.6 is 28.1 Å². The fraction of sp³-hybridized carbons (Fsp3) is 0. The molecule has 0 aliphatic carbocycles. The molecule has 4 nitrogen and oxygen atoms in total. The van der Waals surface area contributed by atoms with E-state index in [1.807, 2.05) is 24.3 Å².